The van der Waals surface area contributed by atoms with Crippen molar-refractivity contribution in [1.29, 1.82) is 0 Å². The molecular weight excluding hydrogens is 479 g/mol. The molecule has 0 aliphatic heterocycles. The summed E-state index contributed by atoms with van der Waals surface area (Å²) in [7, 11) is 2.93. The number of halogens is 2. The average Bonchev–Trinajstić information content (AvgIpc) is 2.80. The first kappa shape index (κ1) is 23.0. The molecule has 0 saturated carbocycles. The fraction of sp³-hybridized carbons (Fsp3) is 0.0833. The lowest BCUT2D eigenvalue weighted by Crippen LogP contribution is -2.25. The van der Waals surface area contributed by atoms with E-state index in [4.69, 9.17) is 9.47 Å². The van der Waals surface area contributed by atoms with Crippen molar-refractivity contribution in [2.24, 2.45) is 0 Å². The van der Waals surface area contributed by atoms with Gasteiger partial charge in [0.1, 0.15) is 22.9 Å². The molecule has 0 radical (unpaired) electrons. The van der Waals surface area contributed by atoms with Gasteiger partial charge in [-0.3, -0.25) is 9.59 Å². The predicted octanol–water partition coefficient (Wildman–Crippen LogP) is 5.27. The van der Waals surface area contributed by atoms with E-state index in [1.807, 2.05) is 0 Å². The zero-order valence-electron chi connectivity index (χ0n) is 17.3. The van der Waals surface area contributed by atoms with Gasteiger partial charge in [0, 0.05) is 10.0 Å². The van der Waals surface area contributed by atoms with E-state index in [-0.39, 0.29) is 11.1 Å². The Morgan fingerprint density at radius 1 is 0.844 bits per heavy atom. The topological polar surface area (TPSA) is 76.7 Å². The van der Waals surface area contributed by atoms with Crippen LogP contribution in [0, 0.1) is 5.82 Å². The van der Waals surface area contributed by atoms with Crippen LogP contribution in [0.2, 0.25) is 0 Å². The van der Waals surface area contributed by atoms with Gasteiger partial charge in [-0.25, -0.2) is 4.39 Å². The number of carbonyl (C=O) groups is 2. The monoisotopic (exact) mass is 498 g/mol. The lowest BCUT2D eigenvalue weighted by molar-refractivity contribution is -0.118. The van der Waals surface area contributed by atoms with Crippen LogP contribution in [0.4, 0.5) is 15.8 Å². The van der Waals surface area contributed by atoms with E-state index in [9.17, 15) is 14.0 Å². The summed E-state index contributed by atoms with van der Waals surface area (Å²) in [4.78, 5) is 26.2. The molecule has 0 aromatic heterocycles. The third-order valence-electron chi connectivity index (χ3n) is 4.46. The van der Waals surface area contributed by atoms with Crippen molar-refractivity contribution < 1.29 is 23.5 Å². The fourth-order valence-electron chi connectivity index (χ4n) is 2.89. The minimum absolute atomic E-state index is 0.0692. The Morgan fingerprint density at radius 3 is 1.84 bits per heavy atom. The number of hydrogen-bond donors (Lipinski definition) is 2. The number of hydrogen-bond acceptors (Lipinski definition) is 4. The minimum Gasteiger partial charge on any atom is -0.495 e. The molecule has 32 heavy (non-hydrogen) atoms. The van der Waals surface area contributed by atoms with E-state index in [1.54, 1.807) is 48.5 Å². The van der Waals surface area contributed by atoms with Crippen molar-refractivity contribution in [2.45, 2.75) is 0 Å². The van der Waals surface area contributed by atoms with E-state index in [0.29, 0.717) is 27.3 Å². The van der Waals surface area contributed by atoms with Crippen molar-refractivity contribution in [1.82, 2.24) is 0 Å². The number of anilines is 2. The first-order valence-corrected chi connectivity index (χ1v) is 10.3. The normalized spacial score (nSPS) is 10.1. The second-order valence-corrected chi connectivity index (χ2v) is 7.45. The molecule has 3 rings (SSSR count). The van der Waals surface area contributed by atoms with E-state index in [2.05, 4.69) is 26.6 Å². The molecule has 0 fully saturated rings. The largest absolute Gasteiger partial charge is 0.495 e. The summed E-state index contributed by atoms with van der Waals surface area (Å²) in [5.41, 5.74) is 0.495. The van der Waals surface area contributed by atoms with Gasteiger partial charge in [0.05, 0.1) is 25.6 Å². The zero-order chi connectivity index (χ0) is 23.1. The van der Waals surface area contributed by atoms with Crippen molar-refractivity contribution in [3.8, 4) is 11.5 Å². The zero-order valence-corrected chi connectivity index (χ0v) is 18.9. The first-order chi connectivity index (χ1) is 15.4. The van der Waals surface area contributed by atoms with Gasteiger partial charge in [0.2, 0.25) is 0 Å². The van der Waals surface area contributed by atoms with E-state index >= 15 is 0 Å². The van der Waals surface area contributed by atoms with Crippen LogP contribution in [0.3, 0.4) is 0 Å². The highest BCUT2D eigenvalue weighted by molar-refractivity contribution is 9.10. The Kier molecular flexibility index (Phi) is 7.62. The number of methoxy groups -OCH3 is 2. The van der Waals surface area contributed by atoms with E-state index < -0.39 is 17.6 Å². The molecule has 0 aliphatic rings. The number of benzene rings is 3. The molecule has 2 amide bonds. The molecule has 3 aromatic rings. The number of carbonyl (C=O) groups excluding carboxylic acids is 2. The summed E-state index contributed by atoms with van der Waals surface area (Å²) in [6, 6.07) is 17.8. The second kappa shape index (κ2) is 10.6. The van der Waals surface area contributed by atoms with Gasteiger partial charge >= 0.3 is 0 Å². The van der Waals surface area contributed by atoms with Gasteiger partial charge in [0.15, 0.2) is 0 Å². The van der Waals surface area contributed by atoms with Crippen LogP contribution in [0.15, 0.2) is 76.8 Å². The van der Waals surface area contributed by atoms with Gasteiger partial charge in [0.25, 0.3) is 11.8 Å². The number of para-hydroxylation sites is 4. The van der Waals surface area contributed by atoms with Gasteiger partial charge in [-0.05, 0) is 48.5 Å². The number of ether oxygens (including phenoxy) is 2. The molecule has 0 heterocycles. The predicted molar refractivity (Wildman–Crippen MR) is 125 cm³/mol. The Labute approximate surface area is 193 Å². The van der Waals surface area contributed by atoms with E-state index in [1.165, 1.54) is 38.5 Å². The smallest absolute Gasteiger partial charge is 0.261 e. The molecule has 3 aromatic carbocycles. The quantitative estimate of drug-likeness (QED) is 0.264. The standard InChI is InChI=1S/C24H20BrFN2O4/c1-31-21-9-5-3-7-19(21)27-23(29)17(14-15-13-16(25)11-12-18(15)26)24(30)28-20-8-4-6-10-22(20)32-2/h3-14H,1-2H3,(H,27,29)(H,28,30). The Balaban J connectivity index is 2.00. The maximum Gasteiger partial charge on any atom is 0.261 e. The molecule has 164 valence electrons. The van der Waals surface area contributed by atoms with Crippen molar-refractivity contribution >= 4 is 45.2 Å². The van der Waals surface area contributed by atoms with E-state index in [0.717, 1.165) is 0 Å². The first-order valence-electron chi connectivity index (χ1n) is 9.48. The van der Waals surface area contributed by atoms with Crippen LogP contribution in [-0.4, -0.2) is 26.0 Å². The Morgan fingerprint density at radius 2 is 1.34 bits per heavy atom. The fourth-order valence-corrected chi connectivity index (χ4v) is 3.27. The summed E-state index contributed by atoms with van der Waals surface area (Å²) < 4.78 is 25.5. The molecule has 0 atom stereocenters. The van der Waals surface area contributed by atoms with Crippen LogP contribution in [0.25, 0.3) is 6.08 Å². The number of nitrogens with one attached hydrogen (secondary N) is 2. The molecule has 6 nitrogen and oxygen atoms in total. The number of rotatable bonds is 7. The van der Waals surface area contributed by atoms with Crippen molar-refractivity contribution in [2.75, 3.05) is 24.9 Å². The second-order valence-electron chi connectivity index (χ2n) is 6.53. The van der Waals surface area contributed by atoms with Crippen molar-refractivity contribution in [3.63, 3.8) is 0 Å². The molecular formula is C24H20BrFN2O4. The number of amides is 2. The highest BCUT2D eigenvalue weighted by atomic mass is 79.9. The lowest BCUT2D eigenvalue weighted by atomic mass is 10.1. The molecule has 0 spiro atoms. The molecule has 2 N–H and O–H groups in total. The highest BCUT2D eigenvalue weighted by Gasteiger charge is 2.22. The summed E-state index contributed by atoms with van der Waals surface area (Å²) in [6.07, 6.45) is 1.19. The van der Waals surface area contributed by atoms with Crippen LogP contribution in [-0.2, 0) is 9.59 Å². The van der Waals surface area contributed by atoms with Crippen LogP contribution in [0.1, 0.15) is 5.56 Å². The summed E-state index contributed by atoms with van der Waals surface area (Å²) in [5.74, 6) is -1.22. The maximum atomic E-state index is 14.4. The SMILES string of the molecule is COc1ccccc1NC(=O)C(=Cc1cc(Br)ccc1F)C(=O)Nc1ccccc1OC. The molecule has 0 bridgehead atoms. The van der Waals surface area contributed by atoms with Crippen LogP contribution < -0.4 is 20.1 Å². The van der Waals surface area contributed by atoms with Gasteiger partial charge < -0.3 is 20.1 Å². The van der Waals surface area contributed by atoms with Crippen LogP contribution in [0.5, 0.6) is 11.5 Å². The molecule has 0 unspecified atom stereocenters. The summed E-state index contributed by atoms with van der Waals surface area (Å²) >= 11 is 3.28. The van der Waals surface area contributed by atoms with Gasteiger partial charge in [-0.1, -0.05) is 40.2 Å². The van der Waals surface area contributed by atoms with Gasteiger partial charge in [-0.2, -0.15) is 0 Å². The summed E-state index contributed by atoms with van der Waals surface area (Å²) in [6.45, 7) is 0. The average molecular weight is 499 g/mol. The van der Waals surface area contributed by atoms with Crippen LogP contribution >= 0.6 is 15.9 Å². The maximum absolute atomic E-state index is 14.4. The molecule has 0 saturated heterocycles. The highest BCUT2D eigenvalue weighted by Crippen LogP contribution is 2.27. The molecule has 8 heteroatoms. The van der Waals surface area contributed by atoms with Crippen molar-refractivity contribution in [3.05, 3.63) is 88.2 Å². The third-order valence-corrected chi connectivity index (χ3v) is 4.95. The summed E-state index contributed by atoms with van der Waals surface area (Å²) in [5, 5.41) is 5.31. The Hall–Kier alpha value is -3.65. The van der Waals surface area contributed by atoms with Gasteiger partial charge in [-0.15, -0.1) is 0 Å². The minimum atomic E-state index is -0.735. The Bertz CT molecular complexity index is 1120. The third kappa shape index (κ3) is 5.53. The molecule has 0 aliphatic carbocycles. The lowest BCUT2D eigenvalue weighted by Gasteiger charge is -2.14.